The second kappa shape index (κ2) is 11.1. The molecule has 0 aliphatic carbocycles. The first-order chi connectivity index (χ1) is 16.8. The van der Waals surface area contributed by atoms with Gasteiger partial charge in [-0.3, -0.25) is 15.2 Å². The molecule has 2 heterocycles. The lowest BCUT2D eigenvalue weighted by molar-refractivity contribution is -0.110. The van der Waals surface area contributed by atoms with Crippen molar-refractivity contribution in [1.29, 1.82) is 5.41 Å². The van der Waals surface area contributed by atoms with Crippen LogP contribution in [0.4, 0.5) is 15.8 Å². The minimum Gasteiger partial charge on any atom is -0.382 e. The first-order valence-electron chi connectivity index (χ1n) is 11.1. The number of aliphatic imine (C=N–C) groups is 1. The summed E-state index contributed by atoms with van der Waals surface area (Å²) in [4.78, 5) is 20.9. The van der Waals surface area contributed by atoms with Crippen molar-refractivity contribution in [2.24, 2.45) is 10.7 Å². The van der Waals surface area contributed by atoms with Gasteiger partial charge in [0.25, 0.3) is 5.91 Å². The van der Waals surface area contributed by atoms with E-state index in [9.17, 15) is 9.18 Å². The molecule has 11 heteroatoms. The fourth-order valence-corrected chi connectivity index (χ4v) is 4.36. The zero-order chi connectivity index (χ0) is 24.9. The molecule has 2 aromatic rings. The van der Waals surface area contributed by atoms with Gasteiger partial charge in [-0.05, 0) is 42.5 Å². The summed E-state index contributed by atoms with van der Waals surface area (Å²) >= 11 is 12.4. The molecule has 0 saturated carbocycles. The number of carbonyl (C=O) groups excluding carboxylic acids is 1. The zero-order valence-corrected chi connectivity index (χ0v) is 20.4. The number of nitrogens with one attached hydrogen (secondary N) is 2. The number of rotatable bonds is 6. The highest BCUT2D eigenvalue weighted by atomic mass is 35.5. The number of amides is 1. The number of benzene rings is 2. The fourth-order valence-electron chi connectivity index (χ4n) is 3.87. The summed E-state index contributed by atoms with van der Waals surface area (Å²) in [7, 11) is 0. The Bertz CT molecular complexity index is 1180. The number of nitrogens with zero attached hydrogens (tertiary/aromatic N) is 3. The number of morpholine rings is 1. The maximum Gasteiger partial charge on any atom is 0.273 e. The normalized spacial score (nSPS) is 17.3. The highest BCUT2D eigenvalue weighted by molar-refractivity contribution is 6.46. The van der Waals surface area contributed by atoms with Crippen molar-refractivity contribution < 1.29 is 13.9 Å². The fraction of sp³-hybridized carbons (Fsp3) is 0.292. The first kappa shape index (κ1) is 25.0. The molecule has 0 aromatic heterocycles. The van der Waals surface area contributed by atoms with Gasteiger partial charge in [0.05, 0.1) is 30.5 Å². The molecule has 184 valence electrons. The van der Waals surface area contributed by atoms with Gasteiger partial charge in [0, 0.05) is 48.1 Å². The minimum absolute atomic E-state index is 0.0775. The van der Waals surface area contributed by atoms with Crippen LogP contribution < -0.4 is 16.0 Å². The van der Waals surface area contributed by atoms with Gasteiger partial charge in [0.15, 0.2) is 0 Å². The Morgan fingerprint density at radius 2 is 1.89 bits per heavy atom. The maximum atomic E-state index is 14.0. The molecule has 4 rings (SSSR count). The number of anilines is 2. The van der Waals surface area contributed by atoms with Crippen LogP contribution >= 0.6 is 23.2 Å². The number of carbonyl (C=O) groups is 1. The van der Waals surface area contributed by atoms with Crippen LogP contribution in [-0.4, -0.2) is 61.7 Å². The van der Waals surface area contributed by atoms with E-state index in [1.54, 1.807) is 17.0 Å². The van der Waals surface area contributed by atoms with E-state index in [0.29, 0.717) is 48.3 Å². The first-order valence-corrected chi connectivity index (χ1v) is 11.8. The molecule has 1 amide bonds. The van der Waals surface area contributed by atoms with E-state index in [4.69, 9.17) is 39.1 Å². The van der Waals surface area contributed by atoms with Crippen molar-refractivity contribution in [2.75, 3.05) is 49.6 Å². The van der Waals surface area contributed by atoms with Crippen molar-refractivity contribution in [3.05, 3.63) is 69.6 Å². The Morgan fingerprint density at radius 1 is 1.17 bits per heavy atom. The van der Waals surface area contributed by atoms with Crippen LogP contribution in [0.5, 0.6) is 0 Å². The van der Waals surface area contributed by atoms with Crippen molar-refractivity contribution in [2.45, 2.75) is 6.54 Å². The number of halogens is 3. The molecule has 0 bridgehead atoms. The third-order valence-electron chi connectivity index (χ3n) is 5.77. The van der Waals surface area contributed by atoms with Crippen LogP contribution in [0, 0.1) is 11.2 Å². The van der Waals surface area contributed by atoms with Crippen LogP contribution in [0.1, 0.15) is 5.56 Å². The van der Waals surface area contributed by atoms with Gasteiger partial charge >= 0.3 is 0 Å². The Hall–Kier alpha value is -3.14. The molecular weight excluding hydrogens is 494 g/mol. The highest BCUT2D eigenvalue weighted by Gasteiger charge is 2.23. The SMILES string of the molecule is N=C(/C=C1\C(N)=NCCN1Cc1c(Cl)ccc(F)c1Cl)C(=O)Nc1ccc(N2CCOCC2)cc1. The van der Waals surface area contributed by atoms with Gasteiger partial charge in [0.1, 0.15) is 17.4 Å². The van der Waals surface area contributed by atoms with Crippen LogP contribution in [0.3, 0.4) is 0 Å². The molecule has 1 fully saturated rings. The third-order valence-corrected chi connectivity index (χ3v) is 6.53. The molecular formula is C24H25Cl2FN6O2. The Labute approximate surface area is 212 Å². The average Bonchev–Trinajstić information content (AvgIpc) is 2.87. The molecule has 2 aliphatic heterocycles. The van der Waals surface area contributed by atoms with E-state index in [-0.39, 0.29) is 23.1 Å². The monoisotopic (exact) mass is 518 g/mol. The Morgan fingerprint density at radius 3 is 2.60 bits per heavy atom. The predicted molar refractivity (Wildman–Crippen MR) is 137 cm³/mol. The van der Waals surface area contributed by atoms with Gasteiger partial charge in [-0.25, -0.2) is 4.39 Å². The minimum atomic E-state index is -0.600. The smallest absolute Gasteiger partial charge is 0.273 e. The molecule has 2 aliphatic rings. The lowest BCUT2D eigenvalue weighted by Gasteiger charge is -2.30. The van der Waals surface area contributed by atoms with E-state index in [2.05, 4.69) is 15.2 Å². The second-order valence-electron chi connectivity index (χ2n) is 8.05. The standard InChI is InChI=1S/C24H25Cl2FN6O2/c25-18-5-6-19(27)22(26)17(18)14-33-8-7-30-23(29)21(33)13-20(28)24(34)31-15-1-3-16(4-2-15)32-9-11-35-12-10-32/h1-6,13,28H,7-12,14H2,(H2,29,30)(H,31,34)/b21-13+,28-20?. The summed E-state index contributed by atoms with van der Waals surface area (Å²) in [6.07, 6.45) is 1.34. The lowest BCUT2D eigenvalue weighted by Crippen LogP contribution is -2.38. The number of hydrogen-bond acceptors (Lipinski definition) is 7. The molecule has 0 atom stereocenters. The summed E-state index contributed by atoms with van der Waals surface area (Å²) in [5.41, 5.74) is 8.14. The predicted octanol–water partition coefficient (Wildman–Crippen LogP) is 3.68. The molecule has 0 unspecified atom stereocenters. The quantitative estimate of drug-likeness (QED) is 0.399. The molecule has 0 radical (unpaired) electrons. The van der Waals surface area contributed by atoms with Crippen molar-refractivity contribution in [1.82, 2.24) is 4.90 Å². The van der Waals surface area contributed by atoms with Crippen LogP contribution in [0.25, 0.3) is 0 Å². The summed E-state index contributed by atoms with van der Waals surface area (Å²) in [6.45, 7) is 3.99. The van der Waals surface area contributed by atoms with E-state index in [0.717, 1.165) is 18.8 Å². The Kier molecular flexibility index (Phi) is 7.90. The lowest BCUT2D eigenvalue weighted by atomic mass is 10.1. The van der Waals surface area contributed by atoms with E-state index in [1.165, 1.54) is 18.2 Å². The van der Waals surface area contributed by atoms with Crippen LogP contribution in [-0.2, 0) is 16.1 Å². The molecule has 8 nitrogen and oxygen atoms in total. The van der Waals surface area contributed by atoms with Gasteiger partial charge in [-0.15, -0.1) is 0 Å². The van der Waals surface area contributed by atoms with Gasteiger partial charge in [-0.2, -0.15) is 0 Å². The van der Waals surface area contributed by atoms with Crippen LogP contribution in [0.15, 0.2) is 53.2 Å². The highest BCUT2D eigenvalue weighted by Crippen LogP contribution is 2.30. The van der Waals surface area contributed by atoms with Crippen LogP contribution in [0.2, 0.25) is 10.0 Å². The number of amidine groups is 1. The zero-order valence-electron chi connectivity index (χ0n) is 18.9. The Balaban J connectivity index is 1.47. The number of hydrogen-bond donors (Lipinski definition) is 3. The molecule has 0 spiro atoms. The summed E-state index contributed by atoms with van der Waals surface area (Å²) in [5.74, 6) is -1.01. The average molecular weight is 519 g/mol. The van der Waals surface area contributed by atoms with Crippen molar-refractivity contribution in [3.8, 4) is 0 Å². The van der Waals surface area contributed by atoms with Crippen molar-refractivity contribution >= 4 is 52.0 Å². The van der Waals surface area contributed by atoms with E-state index >= 15 is 0 Å². The maximum absolute atomic E-state index is 14.0. The number of nitrogens with two attached hydrogens (primary N) is 1. The van der Waals surface area contributed by atoms with Crippen molar-refractivity contribution in [3.63, 3.8) is 0 Å². The van der Waals surface area contributed by atoms with Gasteiger partial charge in [0.2, 0.25) is 0 Å². The summed E-state index contributed by atoms with van der Waals surface area (Å²) in [6, 6.07) is 10.1. The third kappa shape index (κ3) is 5.93. The molecule has 35 heavy (non-hydrogen) atoms. The van der Waals surface area contributed by atoms with E-state index < -0.39 is 11.7 Å². The molecule has 2 aromatic carbocycles. The van der Waals surface area contributed by atoms with Gasteiger partial charge < -0.3 is 25.6 Å². The summed E-state index contributed by atoms with van der Waals surface area (Å²) < 4.78 is 19.3. The topological polar surface area (TPSA) is 107 Å². The largest absolute Gasteiger partial charge is 0.382 e. The van der Waals surface area contributed by atoms with Gasteiger partial charge in [-0.1, -0.05) is 23.2 Å². The molecule has 4 N–H and O–H groups in total. The second-order valence-corrected chi connectivity index (χ2v) is 8.84. The van der Waals surface area contributed by atoms with E-state index in [1.807, 2.05) is 12.1 Å². The molecule has 1 saturated heterocycles. The number of ether oxygens (including phenoxy) is 1. The summed E-state index contributed by atoms with van der Waals surface area (Å²) in [5, 5.41) is 11.3.